The summed E-state index contributed by atoms with van der Waals surface area (Å²) in [6.45, 7) is 1.53. The number of carbonyl (C=O) groups excluding carboxylic acids is 1. The van der Waals surface area contributed by atoms with Crippen molar-refractivity contribution in [2.24, 2.45) is 0 Å². The minimum absolute atomic E-state index is 0.120. The molecule has 8 nitrogen and oxygen atoms in total. The topological polar surface area (TPSA) is 103 Å². The molecule has 0 saturated heterocycles. The van der Waals surface area contributed by atoms with Crippen molar-refractivity contribution < 1.29 is 9.72 Å². The van der Waals surface area contributed by atoms with E-state index in [1.54, 1.807) is 12.1 Å². The first-order valence-corrected chi connectivity index (χ1v) is 8.99. The molecule has 0 unspecified atom stereocenters. The molecule has 0 aliphatic heterocycles. The Morgan fingerprint density at radius 2 is 1.76 bits per heavy atom. The zero-order chi connectivity index (χ0) is 20.5. The number of fused-ring (bicyclic) bond motifs is 1. The van der Waals surface area contributed by atoms with E-state index in [0.29, 0.717) is 16.7 Å². The molecule has 29 heavy (non-hydrogen) atoms. The number of nitrogens with one attached hydrogen (secondary N) is 1. The van der Waals surface area contributed by atoms with E-state index in [2.05, 4.69) is 15.5 Å². The third-order valence-corrected chi connectivity index (χ3v) is 4.76. The van der Waals surface area contributed by atoms with Crippen molar-refractivity contribution in [3.63, 3.8) is 0 Å². The number of para-hydroxylation sites is 1. The second-order valence-corrected chi connectivity index (χ2v) is 6.71. The summed E-state index contributed by atoms with van der Waals surface area (Å²) in [6.07, 6.45) is 0. The second kappa shape index (κ2) is 7.33. The van der Waals surface area contributed by atoms with E-state index in [0.717, 1.165) is 5.69 Å². The SMILES string of the molecule is Cc1c(C(=O)Nc2cc3nn(-c4ccccc4)nc3cc2Cl)cccc1[N+](=O)[O-]. The lowest BCUT2D eigenvalue weighted by Crippen LogP contribution is -2.14. The molecule has 0 aliphatic rings. The van der Waals surface area contributed by atoms with Crippen LogP contribution in [0.4, 0.5) is 11.4 Å². The van der Waals surface area contributed by atoms with Gasteiger partial charge in [-0.2, -0.15) is 4.80 Å². The summed E-state index contributed by atoms with van der Waals surface area (Å²) in [7, 11) is 0. The van der Waals surface area contributed by atoms with Gasteiger partial charge in [0.1, 0.15) is 11.0 Å². The number of hydrogen-bond donors (Lipinski definition) is 1. The Balaban J connectivity index is 1.68. The van der Waals surface area contributed by atoms with Gasteiger partial charge >= 0.3 is 0 Å². The minimum atomic E-state index is -0.521. The molecule has 0 aliphatic carbocycles. The van der Waals surface area contributed by atoms with Crippen molar-refractivity contribution >= 4 is 39.9 Å². The van der Waals surface area contributed by atoms with Gasteiger partial charge in [0.25, 0.3) is 11.6 Å². The summed E-state index contributed by atoms with van der Waals surface area (Å²) in [5.41, 5.74) is 2.61. The van der Waals surface area contributed by atoms with Crippen molar-refractivity contribution in [1.82, 2.24) is 15.0 Å². The molecular formula is C20H14ClN5O3. The van der Waals surface area contributed by atoms with Crippen LogP contribution in [0.5, 0.6) is 0 Å². The molecule has 9 heteroatoms. The van der Waals surface area contributed by atoms with Crippen LogP contribution >= 0.6 is 11.6 Å². The van der Waals surface area contributed by atoms with E-state index in [1.165, 1.54) is 29.9 Å². The van der Waals surface area contributed by atoms with Gasteiger partial charge in [0.2, 0.25) is 0 Å². The number of halogens is 1. The lowest BCUT2D eigenvalue weighted by Gasteiger charge is -2.09. The Morgan fingerprint density at radius 1 is 1.07 bits per heavy atom. The lowest BCUT2D eigenvalue weighted by molar-refractivity contribution is -0.385. The third kappa shape index (κ3) is 3.53. The second-order valence-electron chi connectivity index (χ2n) is 6.31. The first kappa shape index (κ1) is 18.6. The Hall–Kier alpha value is -3.78. The Labute approximate surface area is 169 Å². The van der Waals surface area contributed by atoms with E-state index in [1.807, 2.05) is 30.3 Å². The lowest BCUT2D eigenvalue weighted by atomic mass is 10.1. The van der Waals surface area contributed by atoms with Gasteiger partial charge in [0, 0.05) is 17.2 Å². The van der Waals surface area contributed by atoms with Crippen LogP contribution in [0.2, 0.25) is 5.02 Å². The van der Waals surface area contributed by atoms with Crippen LogP contribution in [0.1, 0.15) is 15.9 Å². The van der Waals surface area contributed by atoms with E-state index in [-0.39, 0.29) is 21.8 Å². The quantitative estimate of drug-likeness (QED) is 0.395. The summed E-state index contributed by atoms with van der Waals surface area (Å²) in [6, 6.07) is 17.0. The van der Waals surface area contributed by atoms with E-state index in [9.17, 15) is 14.9 Å². The summed E-state index contributed by atoms with van der Waals surface area (Å²) < 4.78 is 0. The van der Waals surface area contributed by atoms with Gasteiger partial charge in [-0.1, -0.05) is 35.9 Å². The number of amides is 1. The molecule has 0 fully saturated rings. The number of nitro benzene ring substituents is 1. The van der Waals surface area contributed by atoms with E-state index in [4.69, 9.17) is 11.6 Å². The van der Waals surface area contributed by atoms with Crippen molar-refractivity contribution in [2.75, 3.05) is 5.32 Å². The molecule has 0 saturated carbocycles. The number of nitro groups is 1. The zero-order valence-electron chi connectivity index (χ0n) is 15.2. The number of rotatable bonds is 4. The van der Waals surface area contributed by atoms with Gasteiger partial charge in [-0.25, -0.2) is 0 Å². The van der Waals surface area contributed by atoms with Gasteiger partial charge in [0.05, 0.1) is 21.3 Å². The Kier molecular flexibility index (Phi) is 4.69. The van der Waals surface area contributed by atoms with Crippen LogP contribution in [-0.4, -0.2) is 25.8 Å². The summed E-state index contributed by atoms with van der Waals surface area (Å²) >= 11 is 6.31. The molecule has 0 radical (unpaired) electrons. The Morgan fingerprint density at radius 3 is 2.45 bits per heavy atom. The fraction of sp³-hybridized carbons (Fsp3) is 0.0500. The largest absolute Gasteiger partial charge is 0.321 e. The highest BCUT2D eigenvalue weighted by Gasteiger charge is 2.19. The molecular weight excluding hydrogens is 394 g/mol. The van der Waals surface area contributed by atoms with Crippen LogP contribution in [0, 0.1) is 17.0 Å². The average Bonchev–Trinajstić information content (AvgIpc) is 3.11. The molecule has 4 aromatic rings. The van der Waals surface area contributed by atoms with Crippen molar-refractivity contribution in [1.29, 1.82) is 0 Å². The van der Waals surface area contributed by atoms with Crippen LogP contribution in [0.25, 0.3) is 16.7 Å². The average molecular weight is 408 g/mol. The van der Waals surface area contributed by atoms with Crippen molar-refractivity contribution in [3.05, 3.63) is 86.9 Å². The molecule has 1 N–H and O–H groups in total. The molecule has 144 valence electrons. The zero-order valence-corrected chi connectivity index (χ0v) is 15.9. The molecule has 1 aromatic heterocycles. The highest BCUT2D eigenvalue weighted by Crippen LogP contribution is 2.28. The third-order valence-electron chi connectivity index (χ3n) is 4.45. The van der Waals surface area contributed by atoms with Gasteiger partial charge in [-0.3, -0.25) is 14.9 Å². The fourth-order valence-corrected chi connectivity index (χ4v) is 3.17. The normalized spacial score (nSPS) is 10.8. The molecule has 3 aromatic carbocycles. The van der Waals surface area contributed by atoms with Gasteiger partial charge in [-0.05, 0) is 37.3 Å². The van der Waals surface area contributed by atoms with Crippen LogP contribution in [0.15, 0.2) is 60.7 Å². The van der Waals surface area contributed by atoms with Crippen molar-refractivity contribution in [3.8, 4) is 5.69 Å². The predicted octanol–water partition coefficient (Wildman–Crippen LogP) is 4.54. The predicted molar refractivity (Wildman–Crippen MR) is 110 cm³/mol. The molecule has 0 spiro atoms. The van der Waals surface area contributed by atoms with Crippen LogP contribution < -0.4 is 5.32 Å². The number of nitrogens with zero attached hydrogens (tertiary/aromatic N) is 4. The molecule has 0 bridgehead atoms. The highest BCUT2D eigenvalue weighted by atomic mass is 35.5. The maximum atomic E-state index is 12.7. The molecule has 0 atom stereocenters. The van der Waals surface area contributed by atoms with Gasteiger partial charge < -0.3 is 5.32 Å². The number of carbonyl (C=O) groups is 1. The minimum Gasteiger partial charge on any atom is -0.321 e. The maximum Gasteiger partial charge on any atom is 0.273 e. The number of benzene rings is 3. The van der Waals surface area contributed by atoms with Crippen LogP contribution in [-0.2, 0) is 0 Å². The van der Waals surface area contributed by atoms with Crippen LogP contribution in [0.3, 0.4) is 0 Å². The monoisotopic (exact) mass is 407 g/mol. The maximum absolute atomic E-state index is 12.7. The standard InChI is InChI=1S/C20H14ClN5O3/c1-12-14(8-5-9-19(12)26(28)29)20(27)22-16-11-18-17(10-15(16)21)23-25(24-18)13-6-3-2-4-7-13/h2-11H,1H3,(H,22,27). The molecule has 4 rings (SSSR count). The number of anilines is 1. The van der Waals surface area contributed by atoms with Gasteiger partial charge in [-0.15, -0.1) is 10.2 Å². The smallest absolute Gasteiger partial charge is 0.273 e. The fourth-order valence-electron chi connectivity index (χ4n) is 2.97. The first-order valence-electron chi connectivity index (χ1n) is 8.61. The van der Waals surface area contributed by atoms with E-state index < -0.39 is 10.8 Å². The first-order chi connectivity index (χ1) is 13.9. The number of aromatic nitrogens is 3. The Bertz CT molecular complexity index is 1250. The number of hydrogen-bond acceptors (Lipinski definition) is 5. The summed E-state index contributed by atoms with van der Waals surface area (Å²) in [5, 5.41) is 22.9. The van der Waals surface area contributed by atoms with Gasteiger partial charge in [0.15, 0.2) is 0 Å². The molecule has 1 amide bonds. The highest BCUT2D eigenvalue weighted by molar-refractivity contribution is 6.34. The molecule has 1 heterocycles. The summed E-state index contributed by atoms with van der Waals surface area (Å²) in [4.78, 5) is 24.8. The van der Waals surface area contributed by atoms with E-state index >= 15 is 0 Å². The summed E-state index contributed by atoms with van der Waals surface area (Å²) in [5.74, 6) is -0.497. The van der Waals surface area contributed by atoms with Crippen molar-refractivity contribution in [2.45, 2.75) is 6.92 Å².